The highest BCUT2D eigenvalue weighted by Gasteiger charge is 1.98. The van der Waals surface area contributed by atoms with Gasteiger partial charge >= 0.3 is 0 Å². The second-order valence-corrected chi connectivity index (χ2v) is 3.95. The van der Waals surface area contributed by atoms with E-state index in [1.165, 1.54) is 0 Å². The van der Waals surface area contributed by atoms with Crippen LogP contribution in [0, 0.1) is 5.92 Å². The second-order valence-electron chi connectivity index (χ2n) is 3.95. The Morgan fingerprint density at radius 2 is 2.20 bits per heavy atom. The summed E-state index contributed by atoms with van der Waals surface area (Å²) in [5, 5.41) is 3.22. The first-order chi connectivity index (χ1) is 7.22. The Morgan fingerprint density at radius 1 is 1.40 bits per heavy atom. The molecule has 3 heteroatoms. The van der Waals surface area contributed by atoms with Gasteiger partial charge in [-0.05, 0) is 18.1 Å². The lowest BCUT2D eigenvalue weighted by Crippen LogP contribution is -2.13. The van der Waals surface area contributed by atoms with Crippen molar-refractivity contribution >= 4 is 5.69 Å². The van der Waals surface area contributed by atoms with Crippen LogP contribution in [0.3, 0.4) is 0 Å². The standard InChI is InChI=1S/C12H20N2O/c1-10(2)9-15-12-5-3-4-11(8-12)14-7-6-13/h3-5,8,10,14H,6-7,9,13H2,1-2H3. The molecule has 84 valence electrons. The quantitative estimate of drug-likeness (QED) is 0.752. The van der Waals surface area contributed by atoms with Crippen molar-refractivity contribution in [3.8, 4) is 5.75 Å². The third-order valence-corrected chi connectivity index (χ3v) is 1.89. The van der Waals surface area contributed by atoms with Crippen LogP contribution in [0.4, 0.5) is 5.69 Å². The molecule has 1 aromatic rings. The van der Waals surface area contributed by atoms with Gasteiger partial charge in [0.15, 0.2) is 0 Å². The van der Waals surface area contributed by atoms with E-state index >= 15 is 0 Å². The smallest absolute Gasteiger partial charge is 0.121 e. The summed E-state index contributed by atoms with van der Waals surface area (Å²) in [7, 11) is 0. The van der Waals surface area contributed by atoms with E-state index in [0.29, 0.717) is 12.5 Å². The van der Waals surface area contributed by atoms with Gasteiger partial charge in [-0.1, -0.05) is 19.9 Å². The highest BCUT2D eigenvalue weighted by molar-refractivity contribution is 5.48. The first-order valence-electron chi connectivity index (χ1n) is 5.39. The molecule has 0 atom stereocenters. The number of rotatable bonds is 6. The molecule has 0 aliphatic carbocycles. The van der Waals surface area contributed by atoms with Gasteiger partial charge in [0.1, 0.15) is 5.75 Å². The van der Waals surface area contributed by atoms with Crippen molar-refractivity contribution in [1.29, 1.82) is 0 Å². The molecule has 0 spiro atoms. The van der Waals surface area contributed by atoms with Crippen molar-refractivity contribution in [2.24, 2.45) is 11.7 Å². The van der Waals surface area contributed by atoms with E-state index in [0.717, 1.165) is 24.6 Å². The summed E-state index contributed by atoms with van der Waals surface area (Å²) >= 11 is 0. The lowest BCUT2D eigenvalue weighted by Gasteiger charge is -2.10. The Kier molecular flexibility index (Phi) is 4.98. The summed E-state index contributed by atoms with van der Waals surface area (Å²) in [6.45, 7) is 6.44. The lowest BCUT2D eigenvalue weighted by molar-refractivity contribution is 0.271. The van der Waals surface area contributed by atoms with Gasteiger partial charge in [-0.25, -0.2) is 0 Å². The van der Waals surface area contributed by atoms with Crippen LogP contribution in [0.5, 0.6) is 5.75 Å². The van der Waals surface area contributed by atoms with Crippen LogP contribution in [0.2, 0.25) is 0 Å². The van der Waals surface area contributed by atoms with E-state index in [1.54, 1.807) is 0 Å². The van der Waals surface area contributed by atoms with Crippen molar-refractivity contribution in [3.05, 3.63) is 24.3 Å². The fourth-order valence-electron chi connectivity index (χ4n) is 1.18. The Hall–Kier alpha value is -1.22. The van der Waals surface area contributed by atoms with Gasteiger partial charge in [-0.15, -0.1) is 0 Å². The molecular formula is C12H20N2O. The molecule has 1 rings (SSSR count). The zero-order chi connectivity index (χ0) is 11.1. The van der Waals surface area contributed by atoms with E-state index in [4.69, 9.17) is 10.5 Å². The molecule has 0 amide bonds. The molecule has 0 radical (unpaired) electrons. The Bertz CT molecular complexity index is 287. The molecule has 15 heavy (non-hydrogen) atoms. The first-order valence-corrected chi connectivity index (χ1v) is 5.39. The van der Waals surface area contributed by atoms with E-state index in [-0.39, 0.29) is 0 Å². The Balaban J connectivity index is 2.50. The largest absolute Gasteiger partial charge is 0.493 e. The number of benzene rings is 1. The van der Waals surface area contributed by atoms with Crippen molar-refractivity contribution in [2.75, 3.05) is 25.0 Å². The van der Waals surface area contributed by atoms with E-state index in [1.807, 2.05) is 24.3 Å². The van der Waals surface area contributed by atoms with Crippen molar-refractivity contribution in [2.45, 2.75) is 13.8 Å². The monoisotopic (exact) mass is 208 g/mol. The van der Waals surface area contributed by atoms with Gasteiger partial charge in [-0.2, -0.15) is 0 Å². The van der Waals surface area contributed by atoms with Crippen LogP contribution in [-0.4, -0.2) is 19.7 Å². The molecule has 1 aromatic carbocycles. The average Bonchev–Trinajstić information content (AvgIpc) is 2.24. The molecule has 0 bridgehead atoms. The van der Waals surface area contributed by atoms with Crippen molar-refractivity contribution < 1.29 is 4.74 Å². The summed E-state index contributed by atoms with van der Waals surface area (Å²) < 4.78 is 5.62. The van der Waals surface area contributed by atoms with Gasteiger partial charge in [0.25, 0.3) is 0 Å². The van der Waals surface area contributed by atoms with E-state index in [2.05, 4.69) is 19.2 Å². The van der Waals surface area contributed by atoms with Crippen molar-refractivity contribution in [1.82, 2.24) is 0 Å². The Morgan fingerprint density at radius 3 is 2.87 bits per heavy atom. The highest BCUT2D eigenvalue weighted by Crippen LogP contribution is 2.17. The molecule has 0 unspecified atom stereocenters. The zero-order valence-corrected chi connectivity index (χ0v) is 9.49. The van der Waals surface area contributed by atoms with Gasteiger partial charge in [-0.3, -0.25) is 0 Å². The molecule has 0 aliphatic heterocycles. The van der Waals surface area contributed by atoms with Crippen LogP contribution in [0.25, 0.3) is 0 Å². The summed E-state index contributed by atoms with van der Waals surface area (Å²) in [5.41, 5.74) is 6.48. The normalized spacial score (nSPS) is 10.4. The summed E-state index contributed by atoms with van der Waals surface area (Å²) in [5.74, 6) is 1.45. The van der Waals surface area contributed by atoms with Gasteiger partial charge in [0.2, 0.25) is 0 Å². The second kappa shape index (κ2) is 6.30. The number of nitrogens with two attached hydrogens (primary N) is 1. The maximum Gasteiger partial charge on any atom is 0.121 e. The molecule has 0 heterocycles. The van der Waals surface area contributed by atoms with Crippen LogP contribution in [0.15, 0.2) is 24.3 Å². The molecule has 3 nitrogen and oxygen atoms in total. The van der Waals surface area contributed by atoms with Crippen LogP contribution in [-0.2, 0) is 0 Å². The minimum Gasteiger partial charge on any atom is -0.493 e. The topological polar surface area (TPSA) is 47.3 Å². The van der Waals surface area contributed by atoms with E-state index in [9.17, 15) is 0 Å². The number of nitrogens with one attached hydrogen (secondary N) is 1. The third-order valence-electron chi connectivity index (χ3n) is 1.89. The first kappa shape index (κ1) is 11.9. The maximum atomic E-state index is 5.62. The maximum absolute atomic E-state index is 5.62. The summed E-state index contributed by atoms with van der Waals surface area (Å²) in [6, 6.07) is 7.96. The highest BCUT2D eigenvalue weighted by atomic mass is 16.5. The summed E-state index contributed by atoms with van der Waals surface area (Å²) in [4.78, 5) is 0. The number of ether oxygens (including phenoxy) is 1. The zero-order valence-electron chi connectivity index (χ0n) is 9.49. The Labute approximate surface area is 91.6 Å². The predicted octanol–water partition coefficient (Wildman–Crippen LogP) is 2.09. The molecule has 0 saturated carbocycles. The number of hydrogen-bond donors (Lipinski definition) is 2. The van der Waals surface area contributed by atoms with E-state index < -0.39 is 0 Å². The predicted molar refractivity (Wildman–Crippen MR) is 64.3 cm³/mol. The number of hydrogen-bond acceptors (Lipinski definition) is 3. The molecule has 0 fully saturated rings. The molecule has 0 saturated heterocycles. The fraction of sp³-hybridized carbons (Fsp3) is 0.500. The minimum absolute atomic E-state index is 0.547. The average molecular weight is 208 g/mol. The molecule has 0 aromatic heterocycles. The van der Waals surface area contributed by atoms with Crippen molar-refractivity contribution in [3.63, 3.8) is 0 Å². The summed E-state index contributed by atoms with van der Waals surface area (Å²) in [6.07, 6.45) is 0. The molecular weight excluding hydrogens is 188 g/mol. The SMILES string of the molecule is CC(C)COc1cccc(NCCN)c1. The lowest BCUT2D eigenvalue weighted by atomic mass is 10.2. The van der Waals surface area contributed by atoms with Crippen LogP contribution in [0.1, 0.15) is 13.8 Å². The van der Waals surface area contributed by atoms with Gasteiger partial charge < -0.3 is 15.8 Å². The molecule has 3 N–H and O–H groups in total. The minimum atomic E-state index is 0.547. The fourth-order valence-corrected chi connectivity index (χ4v) is 1.18. The van der Waals surface area contributed by atoms with Gasteiger partial charge in [0.05, 0.1) is 6.61 Å². The van der Waals surface area contributed by atoms with Gasteiger partial charge in [0, 0.05) is 24.8 Å². The third kappa shape index (κ3) is 4.70. The van der Waals surface area contributed by atoms with Crippen LogP contribution >= 0.6 is 0 Å². The number of anilines is 1. The molecule has 0 aliphatic rings. The van der Waals surface area contributed by atoms with Crippen LogP contribution < -0.4 is 15.8 Å².